The van der Waals surface area contributed by atoms with E-state index in [9.17, 15) is 28.7 Å². The average Bonchev–Trinajstić information content (AvgIpc) is 3.54. The molecule has 3 unspecified atom stereocenters. The zero-order valence-electron chi connectivity index (χ0n) is 16.7. The number of aliphatic carboxylic acids is 1. The molecular weight excluding hydrogens is 455 g/mol. The summed E-state index contributed by atoms with van der Waals surface area (Å²) in [6, 6.07) is 11.2. The highest BCUT2D eigenvalue weighted by atomic mass is 35.5. The molecule has 33 heavy (non-hydrogen) atoms. The van der Waals surface area contributed by atoms with Crippen LogP contribution in [0.15, 0.2) is 65.7 Å². The van der Waals surface area contributed by atoms with Gasteiger partial charge in [0, 0.05) is 24.5 Å². The van der Waals surface area contributed by atoms with E-state index in [-0.39, 0.29) is 22.8 Å². The van der Waals surface area contributed by atoms with E-state index in [1.165, 1.54) is 47.3 Å². The predicted molar refractivity (Wildman–Crippen MR) is 117 cm³/mol. The van der Waals surface area contributed by atoms with E-state index < -0.39 is 41.4 Å². The molecule has 3 atom stereocenters. The second-order valence-corrected chi connectivity index (χ2v) is 7.77. The minimum atomic E-state index is -1.32. The number of carboxylic acids is 1. The smallest absolute Gasteiger partial charge is 0.308 e. The first-order chi connectivity index (χ1) is 15.8. The van der Waals surface area contributed by atoms with E-state index in [0.717, 1.165) is 6.07 Å². The monoisotopic (exact) mass is 470 g/mol. The maximum absolute atomic E-state index is 14.6. The van der Waals surface area contributed by atoms with Crippen LogP contribution >= 0.6 is 11.6 Å². The number of hydrogen-bond donors (Lipinski definition) is 3. The molecule has 0 bridgehead atoms. The van der Waals surface area contributed by atoms with Gasteiger partial charge in [0.25, 0.3) is 5.56 Å². The van der Waals surface area contributed by atoms with Crippen LogP contribution in [0.2, 0.25) is 5.02 Å². The minimum Gasteiger partial charge on any atom is -0.481 e. The Morgan fingerprint density at radius 1 is 1.00 bits per heavy atom. The number of aromatic nitrogens is 2. The van der Waals surface area contributed by atoms with Crippen LogP contribution in [0.3, 0.4) is 0 Å². The Morgan fingerprint density at radius 3 is 2.33 bits per heavy atom. The molecule has 1 aromatic carbocycles. The van der Waals surface area contributed by atoms with Crippen LogP contribution in [-0.4, -0.2) is 32.4 Å². The van der Waals surface area contributed by atoms with Crippen LogP contribution in [0.1, 0.15) is 0 Å². The van der Waals surface area contributed by atoms with Crippen molar-refractivity contribution in [2.24, 2.45) is 17.8 Å². The molecule has 3 aromatic rings. The summed E-state index contributed by atoms with van der Waals surface area (Å²) < 4.78 is 15.8. The van der Waals surface area contributed by atoms with Crippen molar-refractivity contribution < 1.29 is 23.9 Å². The number of pyridine rings is 2. The molecule has 0 saturated heterocycles. The zero-order chi connectivity index (χ0) is 23.7. The lowest BCUT2D eigenvalue weighted by Crippen LogP contribution is -2.21. The summed E-state index contributed by atoms with van der Waals surface area (Å²) in [6.07, 6.45) is 2.77. The summed E-state index contributed by atoms with van der Waals surface area (Å²) in [4.78, 5) is 52.5. The van der Waals surface area contributed by atoms with Crippen molar-refractivity contribution in [2.75, 3.05) is 10.6 Å². The molecule has 4 rings (SSSR count). The third kappa shape index (κ3) is 4.60. The quantitative estimate of drug-likeness (QED) is 0.507. The molecule has 0 aliphatic heterocycles. The second kappa shape index (κ2) is 8.83. The molecule has 1 aliphatic rings. The van der Waals surface area contributed by atoms with Crippen LogP contribution in [0.4, 0.5) is 15.9 Å². The highest BCUT2D eigenvalue weighted by molar-refractivity contribution is 6.30. The molecule has 3 N–H and O–H groups in total. The first-order valence-electron chi connectivity index (χ1n) is 9.70. The third-order valence-electron chi connectivity index (χ3n) is 5.20. The van der Waals surface area contributed by atoms with Gasteiger partial charge in [-0.2, -0.15) is 0 Å². The van der Waals surface area contributed by atoms with E-state index >= 15 is 0 Å². The Hall–Kier alpha value is -4.05. The van der Waals surface area contributed by atoms with E-state index in [1.807, 2.05) is 0 Å². The molecule has 2 aromatic heterocycles. The first kappa shape index (κ1) is 22.2. The number of amides is 2. The maximum atomic E-state index is 14.6. The lowest BCUT2D eigenvalue weighted by Gasteiger charge is -2.10. The Balaban J connectivity index is 1.48. The summed E-state index contributed by atoms with van der Waals surface area (Å²) in [7, 11) is 0. The number of benzene rings is 1. The van der Waals surface area contributed by atoms with Gasteiger partial charge in [-0.3, -0.25) is 23.7 Å². The van der Waals surface area contributed by atoms with Crippen molar-refractivity contribution in [1.82, 2.24) is 9.55 Å². The molecule has 1 saturated carbocycles. The number of carbonyl (C=O) groups is 3. The summed E-state index contributed by atoms with van der Waals surface area (Å²) in [6.45, 7) is 0. The molecule has 1 aliphatic carbocycles. The Morgan fingerprint density at radius 2 is 1.73 bits per heavy atom. The number of nitrogens with zero attached hydrogens (tertiary/aromatic N) is 2. The molecular formula is C22H16ClFN4O5. The normalized spacial score (nSPS) is 18.9. The topological polar surface area (TPSA) is 130 Å². The largest absolute Gasteiger partial charge is 0.481 e. The standard InChI is InChI=1S/C22H16ClFN4O5/c23-11-4-7-15(25-10-11)27-21(31)18-17(19(18)22(32)33)20(30)26-14-6-5-12(9-13(14)24)28-8-2-1-3-16(28)29/h1-10,17-19H,(H,26,30)(H,32,33)(H,25,27,31). The second-order valence-electron chi connectivity index (χ2n) is 7.33. The summed E-state index contributed by atoms with van der Waals surface area (Å²) in [5.74, 6) is -7.10. The highest BCUT2D eigenvalue weighted by Crippen LogP contribution is 2.48. The molecule has 1 fully saturated rings. The first-order valence-corrected chi connectivity index (χ1v) is 10.1. The average molecular weight is 471 g/mol. The van der Waals surface area contributed by atoms with Crippen molar-refractivity contribution in [2.45, 2.75) is 0 Å². The van der Waals surface area contributed by atoms with Gasteiger partial charge in [-0.05, 0) is 30.3 Å². The van der Waals surface area contributed by atoms with Gasteiger partial charge in [0.05, 0.1) is 34.2 Å². The van der Waals surface area contributed by atoms with Gasteiger partial charge in [0.1, 0.15) is 11.6 Å². The zero-order valence-corrected chi connectivity index (χ0v) is 17.5. The summed E-state index contributed by atoms with van der Waals surface area (Å²) >= 11 is 5.74. The van der Waals surface area contributed by atoms with Gasteiger partial charge in [0.2, 0.25) is 11.8 Å². The molecule has 0 radical (unpaired) electrons. The fourth-order valence-corrected chi connectivity index (χ4v) is 3.65. The van der Waals surface area contributed by atoms with E-state index in [1.54, 1.807) is 12.1 Å². The molecule has 2 heterocycles. The van der Waals surface area contributed by atoms with Gasteiger partial charge in [-0.1, -0.05) is 17.7 Å². The maximum Gasteiger partial charge on any atom is 0.308 e. The van der Waals surface area contributed by atoms with Crippen molar-refractivity contribution in [3.63, 3.8) is 0 Å². The lowest BCUT2D eigenvalue weighted by atomic mass is 10.2. The van der Waals surface area contributed by atoms with Crippen molar-refractivity contribution in [1.29, 1.82) is 0 Å². The van der Waals surface area contributed by atoms with Gasteiger partial charge < -0.3 is 15.7 Å². The number of nitrogens with one attached hydrogen (secondary N) is 2. The lowest BCUT2D eigenvalue weighted by molar-refractivity contribution is -0.140. The molecule has 9 nitrogen and oxygen atoms in total. The van der Waals surface area contributed by atoms with E-state index in [0.29, 0.717) is 5.02 Å². The van der Waals surface area contributed by atoms with Crippen LogP contribution in [0.25, 0.3) is 5.69 Å². The van der Waals surface area contributed by atoms with Crippen LogP contribution < -0.4 is 16.2 Å². The fourth-order valence-electron chi connectivity index (χ4n) is 3.54. The molecule has 11 heteroatoms. The Labute approximate surface area is 190 Å². The SMILES string of the molecule is O=C(O)C1C(C(=O)Nc2ccc(Cl)cn2)C1C(=O)Nc1ccc(-n2ccccc2=O)cc1F. The minimum absolute atomic E-state index is 0.150. The predicted octanol–water partition coefficient (Wildman–Crippen LogP) is 2.55. The third-order valence-corrected chi connectivity index (χ3v) is 5.42. The Kier molecular flexibility index (Phi) is 5.93. The van der Waals surface area contributed by atoms with Gasteiger partial charge in [-0.15, -0.1) is 0 Å². The number of hydrogen-bond acceptors (Lipinski definition) is 5. The summed E-state index contributed by atoms with van der Waals surface area (Å²) in [5, 5.41) is 14.5. The van der Waals surface area contributed by atoms with Crippen molar-refractivity contribution in [3.05, 3.63) is 82.1 Å². The number of halogens is 2. The Bertz CT molecular complexity index is 1310. The van der Waals surface area contributed by atoms with Gasteiger partial charge in [0.15, 0.2) is 0 Å². The fraction of sp³-hybridized carbons (Fsp3) is 0.136. The number of anilines is 2. The molecule has 168 valence electrons. The van der Waals surface area contributed by atoms with Crippen molar-refractivity contribution in [3.8, 4) is 5.69 Å². The van der Waals surface area contributed by atoms with Crippen LogP contribution in [0, 0.1) is 23.6 Å². The van der Waals surface area contributed by atoms with Crippen LogP contribution in [0.5, 0.6) is 0 Å². The molecule has 2 amide bonds. The number of carboxylic acid groups (broad SMARTS) is 1. The number of rotatable bonds is 6. The van der Waals surface area contributed by atoms with E-state index in [2.05, 4.69) is 15.6 Å². The van der Waals surface area contributed by atoms with Crippen molar-refractivity contribution >= 4 is 40.9 Å². The van der Waals surface area contributed by atoms with E-state index in [4.69, 9.17) is 11.6 Å². The van der Waals surface area contributed by atoms with Crippen LogP contribution in [-0.2, 0) is 14.4 Å². The van der Waals surface area contributed by atoms with Gasteiger partial charge in [-0.25, -0.2) is 9.37 Å². The number of carbonyl (C=O) groups excluding carboxylic acids is 2. The highest BCUT2D eigenvalue weighted by Gasteiger charge is 2.63. The molecule has 0 spiro atoms. The summed E-state index contributed by atoms with van der Waals surface area (Å²) in [5.41, 5.74) is -0.319. The van der Waals surface area contributed by atoms with Gasteiger partial charge >= 0.3 is 5.97 Å².